The fraction of sp³-hybridized carbons (Fsp3) is 0.286. The molecular weight excluding hydrogens is 288 g/mol. The van der Waals surface area contributed by atoms with Crippen molar-refractivity contribution in [2.45, 2.75) is 26.3 Å². The molecule has 8 heteroatoms. The van der Waals surface area contributed by atoms with E-state index in [4.69, 9.17) is 5.73 Å². The van der Waals surface area contributed by atoms with E-state index < -0.39 is 23.9 Å². The maximum atomic E-state index is 12.0. The number of amides is 5. The SMILES string of the molecule is CCC(NC(C)=O)C(=O)Nc1cccc(C(=O)NC(N)=O)c1. The molecule has 5 amide bonds. The molecule has 118 valence electrons. The first kappa shape index (κ1) is 17.2. The van der Waals surface area contributed by atoms with Crippen LogP contribution in [-0.4, -0.2) is 29.8 Å². The van der Waals surface area contributed by atoms with Gasteiger partial charge in [0.1, 0.15) is 6.04 Å². The van der Waals surface area contributed by atoms with E-state index in [1.54, 1.807) is 19.1 Å². The lowest BCUT2D eigenvalue weighted by Gasteiger charge is -2.16. The molecule has 5 N–H and O–H groups in total. The van der Waals surface area contributed by atoms with Crippen molar-refractivity contribution in [3.63, 3.8) is 0 Å². The molecule has 8 nitrogen and oxygen atoms in total. The predicted octanol–water partition coefficient (Wildman–Crippen LogP) is 0.348. The van der Waals surface area contributed by atoms with E-state index in [1.807, 2.05) is 5.32 Å². The topological polar surface area (TPSA) is 130 Å². The number of imide groups is 1. The third-order valence-corrected chi connectivity index (χ3v) is 2.73. The molecule has 0 aromatic heterocycles. The van der Waals surface area contributed by atoms with Crippen LogP contribution < -0.4 is 21.7 Å². The number of carbonyl (C=O) groups is 4. The highest BCUT2D eigenvalue weighted by atomic mass is 16.2. The first-order valence-corrected chi connectivity index (χ1v) is 6.62. The van der Waals surface area contributed by atoms with Gasteiger partial charge in [-0.1, -0.05) is 13.0 Å². The molecule has 1 aromatic carbocycles. The van der Waals surface area contributed by atoms with Gasteiger partial charge in [0.05, 0.1) is 0 Å². The van der Waals surface area contributed by atoms with Crippen LogP contribution in [0.4, 0.5) is 10.5 Å². The van der Waals surface area contributed by atoms with Gasteiger partial charge in [0, 0.05) is 18.2 Å². The second-order valence-corrected chi connectivity index (χ2v) is 4.55. The van der Waals surface area contributed by atoms with Crippen LogP contribution in [-0.2, 0) is 9.59 Å². The van der Waals surface area contributed by atoms with Crippen molar-refractivity contribution in [2.75, 3.05) is 5.32 Å². The fourth-order valence-corrected chi connectivity index (χ4v) is 1.75. The summed E-state index contributed by atoms with van der Waals surface area (Å²) in [6.07, 6.45) is 0.424. The average Bonchev–Trinajstić information content (AvgIpc) is 2.44. The van der Waals surface area contributed by atoms with Crippen molar-refractivity contribution in [2.24, 2.45) is 5.73 Å². The standard InChI is InChI=1S/C14H18N4O4/c1-3-11(16-8(2)19)13(21)17-10-6-4-5-9(7-10)12(20)18-14(15)22/h4-7,11H,3H2,1-2H3,(H,16,19)(H,17,21)(H3,15,18,20,22). The summed E-state index contributed by atoms with van der Waals surface area (Å²) in [5.74, 6) is -1.38. The Kier molecular flexibility index (Phi) is 6.06. The van der Waals surface area contributed by atoms with Crippen LogP contribution in [0.1, 0.15) is 30.6 Å². The Morgan fingerprint density at radius 2 is 1.91 bits per heavy atom. The number of nitrogens with one attached hydrogen (secondary N) is 3. The largest absolute Gasteiger partial charge is 0.351 e. The summed E-state index contributed by atoms with van der Waals surface area (Å²) in [6.45, 7) is 3.08. The van der Waals surface area contributed by atoms with Crippen LogP contribution >= 0.6 is 0 Å². The van der Waals surface area contributed by atoms with Crippen LogP contribution in [0.15, 0.2) is 24.3 Å². The Morgan fingerprint density at radius 3 is 2.45 bits per heavy atom. The Morgan fingerprint density at radius 1 is 1.23 bits per heavy atom. The zero-order valence-electron chi connectivity index (χ0n) is 12.3. The third-order valence-electron chi connectivity index (χ3n) is 2.73. The van der Waals surface area contributed by atoms with Crippen molar-refractivity contribution >= 4 is 29.4 Å². The second kappa shape index (κ2) is 7.77. The van der Waals surface area contributed by atoms with Crippen LogP contribution in [0, 0.1) is 0 Å². The number of nitrogens with two attached hydrogens (primary N) is 1. The summed E-state index contributed by atoms with van der Waals surface area (Å²) in [5.41, 5.74) is 5.41. The van der Waals surface area contributed by atoms with E-state index in [1.165, 1.54) is 19.1 Å². The van der Waals surface area contributed by atoms with Gasteiger partial charge in [0.2, 0.25) is 11.8 Å². The first-order chi connectivity index (χ1) is 10.3. The van der Waals surface area contributed by atoms with Crippen LogP contribution in [0.25, 0.3) is 0 Å². The third kappa shape index (κ3) is 5.23. The minimum atomic E-state index is -0.962. The molecule has 1 atom stereocenters. The zero-order chi connectivity index (χ0) is 16.7. The number of carbonyl (C=O) groups excluding carboxylic acids is 4. The molecule has 0 fully saturated rings. The first-order valence-electron chi connectivity index (χ1n) is 6.62. The zero-order valence-corrected chi connectivity index (χ0v) is 12.3. The van der Waals surface area contributed by atoms with Gasteiger partial charge < -0.3 is 16.4 Å². The molecule has 0 aliphatic carbocycles. The monoisotopic (exact) mass is 306 g/mol. The van der Waals surface area contributed by atoms with Gasteiger partial charge in [0.15, 0.2) is 0 Å². The lowest BCUT2D eigenvalue weighted by Crippen LogP contribution is -2.42. The fourth-order valence-electron chi connectivity index (χ4n) is 1.75. The molecule has 1 aromatic rings. The highest BCUT2D eigenvalue weighted by Gasteiger charge is 2.17. The van der Waals surface area contributed by atoms with Crippen molar-refractivity contribution in [3.8, 4) is 0 Å². The van der Waals surface area contributed by atoms with Gasteiger partial charge in [0.25, 0.3) is 5.91 Å². The smallest absolute Gasteiger partial charge is 0.319 e. The summed E-state index contributed by atoms with van der Waals surface area (Å²) in [7, 11) is 0. The summed E-state index contributed by atoms with van der Waals surface area (Å²) >= 11 is 0. The number of hydrogen-bond donors (Lipinski definition) is 4. The van der Waals surface area contributed by atoms with E-state index in [0.717, 1.165) is 0 Å². The van der Waals surface area contributed by atoms with Crippen molar-refractivity contribution in [1.82, 2.24) is 10.6 Å². The molecule has 0 saturated carbocycles. The van der Waals surface area contributed by atoms with Gasteiger partial charge in [-0.2, -0.15) is 0 Å². The molecule has 0 aliphatic rings. The lowest BCUT2D eigenvalue weighted by molar-refractivity contribution is -0.125. The molecule has 0 bridgehead atoms. The van der Waals surface area contributed by atoms with Crippen LogP contribution in [0.3, 0.4) is 0 Å². The highest BCUT2D eigenvalue weighted by Crippen LogP contribution is 2.11. The number of hydrogen-bond acceptors (Lipinski definition) is 4. The van der Waals surface area contributed by atoms with Crippen molar-refractivity contribution in [3.05, 3.63) is 29.8 Å². The number of anilines is 1. The summed E-state index contributed by atoms with van der Waals surface area (Å²) in [4.78, 5) is 45.4. The quantitative estimate of drug-likeness (QED) is 0.625. The van der Waals surface area contributed by atoms with Gasteiger partial charge in [-0.05, 0) is 24.6 Å². The summed E-state index contributed by atoms with van der Waals surface area (Å²) in [5, 5.41) is 7.05. The maximum Gasteiger partial charge on any atom is 0.319 e. The van der Waals surface area contributed by atoms with E-state index in [9.17, 15) is 19.2 Å². The van der Waals surface area contributed by atoms with E-state index in [2.05, 4.69) is 10.6 Å². The summed E-state index contributed by atoms with van der Waals surface area (Å²) in [6, 6.07) is 4.37. The van der Waals surface area contributed by atoms with Crippen LogP contribution in [0.2, 0.25) is 0 Å². The predicted molar refractivity (Wildman–Crippen MR) is 80.0 cm³/mol. The van der Waals surface area contributed by atoms with Crippen molar-refractivity contribution in [1.29, 1.82) is 0 Å². The Bertz CT molecular complexity index is 600. The average molecular weight is 306 g/mol. The van der Waals surface area contributed by atoms with E-state index in [-0.39, 0.29) is 11.5 Å². The van der Waals surface area contributed by atoms with Gasteiger partial charge in [-0.3, -0.25) is 19.7 Å². The van der Waals surface area contributed by atoms with Crippen LogP contribution in [0.5, 0.6) is 0 Å². The summed E-state index contributed by atoms with van der Waals surface area (Å²) < 4.78 is 0. The molecule has 0 saturated heterocycles. The molecule has 0 spiro atoms. The molecule has 0 aliphatic heterocycles. The minimum Gasteiger partial charge on any atom is -0.351 e. The van der Waals surface area contributed by atoms with Gasteiger partial charge >= 0.3 is 6.03 Å². The van der Waals surface area contributed by atoms with Crippen molar-refractivity contribution < 1.29 is 19.2 Å². The number of primary amides is 1. The molecule has 0 radical (unpaired) electrons. The minimum absolute atomic E-state index is 0.171. The molecule has 0 heterocycles. The molecule has 22 heavy (non-hydrogen) atoms. The lowest BCUT2D eigenvalue weighted by atomic mass is 10.1. The Hall–Kier alpha value is -2.90. The van der Waals surface area contributed by atoms with E-state index in [0.29, 0.717) is 12.1 Å². The maximum absolute atomic E-state index is 12.0. The Balaban J connectivity index is 2.81. The number of benzene rings is 1. The Labute approximate surface area is 127 Å². The number of rotatable bonds is 5. The van der Waals surface area contributed by atoms with Gasteiger partial charge in [-0.15, -0.1) is 0 Å². The highest BCUT2D eigenvalue weighted by molar-refractivity contribution is 6.05. The number of urea groups is 1. The molecule has 1 rings (SSSR count). The molecule has 1 unspecified atom stereocenters. The van der Waals surface area contributed by atoms with Gasteiger partial charge in [-0.25, -0.2) is 4.79 Å². The van der Waals surface area contributed by atoms with E-state index >= 15 is 0 Å². The molecular formula is C14H18N4O4. The second-order valence-electron chi connectivity index (χ2n) is 4.55. The normalized spacial score (nSPS) is 11.2.